The van der Waals surface area contributed by atoms with Gasteiger partial charge in [0.05, 0.1) is 12.8 Å². The zero-order chi connectivity index (χ0) is 18.4. The molecular formula is C21H26F2N2O. The number of benzene rings is 1. The molecule has 26 heavy (non-hydrogen) atoms. The molecule has 0 unspecified atom stereocenters. The van der Waals surface area contributed by atoms with Crippen LogP contribution in [0.25, 0.3) is 0 Å². The predicted octanol–water partition coefficient (Wildman–Crippen LogP) is 4.22. The van der Waals surface area contributed by atoms with E-state index in [4.69, 9.17) is 4.74 Å². The molecule has 1 aromatic carbocycles. The first-order valence-corrected chi connectivity index (χ1v) is 9.22. The van der Waals surface area contributed by atoms with Crippen molar-refractivity contribution < 1.29 is 13.5 Å². The molecular weight excluding hydrogens is 334 g/mol. The Morgan fingerprint density at radius 1 is 1.12 bits per heavy atom. The number of hydrogen-bond donors (Lipinski definition) is 0. The third-order valence-electron chi connectivity index (χ3n) is 5.15. The maximum atomic E-state index is 13.4. The maximum Gasteiger partial charge on any atom is 0.141 e. The van der Waals surface area contributed by atoms with Crippen LogP contribution in [0.15, 0.2) is 42.7 Å². The van der Waals surface area contributed by atoms with Crippen LogP contribution in [0.4, 0.5) is 8.78 Å². The summed E-state index contributed by atoms with van der Waals surface area (Å²) < 4.78 is 32.3. The van der Waals surface area contributed by atoms with Crippen LogP contribution in [-0.4, -0.2) is 36.2 Å². The Morgan fingerprint density at radius 3 is 2.65 bits per heavy atom. The van der Waals surface area contributed by atoms with E-state index in [1.807, 2.05) is 19.1 Å². The Hall–Kier alpha value is -1.85. The third-order valence-corrected chi connectivity index (χ3v) is 5.15. The summed E-state index contributed by atoms with van der Waals surface area (Å²) in [6.45, 7) is 6.03. The number of aromatic nitrogens is 1. The molecule has 0 radical (unpaired) electrons. The molecule has 3 rings (SSSR count). The minimum absolute atomic E-state index is 0.0884. The fourth-order valence-electron chi connectivity index (χ4n) is 3.74. The molecule has 0 amide bonds. The van der Waals surface area contributed by atoms with E-state index in [9.17, 15) is 8.78 Å². The Kier molecular flexibility index (Phi) is 6.33. The molecule has 5 heteroatoms. The lowest BCUT2D eigenvalue weighted by Crippen LogP contribution is -2.32. The van der Waals surface area contributed by atoms with Crippen LogP contribution in [0, 0.1) is 17.0 Å². The molecule has 2 aromatic rings. The van der Waals surface area contributed by atoms with Crippen molar-refractivity contribution in [2.24, 2.45) is 5.41 Å². The molecule has 1 fully saturated rings. The summed E-state index contributed by atoms with van der Waals surface area (Å²) in [6, 6.07) is 8.29. The van der Waals surface area contributed by atoms with Crippen LogP contribution in [-0.2, 0) is 17.7 Å². The fraction of sp³-hybridized carbons (Fsp3) is 0.476. The van der Waals surface area contributed by atoms with Crippen molar-refractivity contribution in [3.63, 3.8) is 0 Å². The average Bonchev–Trinajstić information content (AvgIpc) is 3.03. The van der Waals surface area contributed by atoms with E-state index in [0.717, 1.165) is 50.1 Å². The van der Waals surface area contributed by atoms with Gasteiger partial charge in [0.15, 0.2) is 0 Å². The van der Waals surface area contributed by atoms with Gasteiger partial charge in [-0.3, -0.25) is 9.88 Å². The monoisotopic (exact) mass is 360 g/mol. The third kappa shape index (κ3) is 5.08. The molecule has 0 bridgehead atoms. The van der Waals surface area contributed by atoms with E-state index in [-0.39, 0.29) is 17.0 Å². The molecule has 1 saturated heterocycles. The summed E-state index contributed by atoms with van der Waals surface area (Å²) in [5, 5.41) is 0. The first kappa shape index (κ1) is 18.9. The zero-order valence-electron chi connectivity index (χ0n) is 15.3. The highest BCUT2D eigenvalue weighted by molar-refractivity contribution is 5.17. The van der Waals surface area contributed by atoms with Gasteiger partial charge in [-0.25, -0.2) is 8.78 Å². The predicted molar refractivity (Wildman–Crippen MR) is 97.7 cm³/mol. The summed E-state index contributed by atoms with van der Waals surface area (Å²) in [6.07, 6.45) is 5.91. The number of rotatable bonds is 8. The van der Waals surface area contributed by atoms with E-state index in [1.165, 1.54) is 18.3 Å². The van der Waals surface area contributed by atoms with Crippen molar-refractivity contribution in [2.75, 3.05) is 26.3 Å². The molecule has 1 aliphatic heterocycles. The van der Waals surface area contributed by atoms with E-state index in [0.29, 0.717) is 13.2 Å². The Labute approximate surface area is 154 Å². The van der Waals surface area contributed by atoms with Crippen LogP contribution in [0.1, 0.15) is 30.9 Å². The summed E-state index contributed by atoms with van der Waals surface area (Å²) in [5.74, 6) is -0.493. The molecule has 1 aliphatic rings. The van der Waals surface area contributed by atoms with Crippen LogP contribution < -0.4 is 0 Å². The van der Waals surface area contributed by atoms with Crippen LogP contribution in [0.3, 0.4) is 0 Å². The van der Waals surface area contributed by atoms with Crippen LogP contribution in [0.5, 0.6) is 0 Å². The Balaban J connectivity index is 1.63. The first-order valence-electron chi connectivity index (χ1n) is 9.22. The molecule has 140 valence electrons. The van der Waals surface area contributed by atoms with Crippen LogP contribution >= 0.6 is 0 Å². The molecule has 0 aliphatic carbocycles. The van der Waals surface area contributed by atoms with Crippen molar-refractivity contribution in [1.82, 2.24) is 9.88 Å². The van der Waals surface area contributed by atoms with E-state index >= 15 is 0 Å². The summed E-state index contributed by atoms with van der Waals surface area (Å²) in [4.78, 5) is 6.29. The fourth-order valence-corrected chi connectivity index (χ4v) is 3.74. The van der Waals surface area contributed by atoms with Gasteiger partial charge in [0.1, 0.15) is 11.6 Å². The Bertz CT molecular complexity index is 707. The summed E-state index contributed by atoms with van der Waals surface area (Å²) in [5.41, 5.74) is 2.14. The molecule has 1 atom stereocenters. The van der Waals surface area contributed by atoms with E-state index in [1.54, 1.807) is 12.3 Å². The van der Waals surface area contributed by atoms with Gasteiger partial charge in [0, 0.05) is 31.3 Å². The molecule has 0 N–H and O–H groups in total. The number of hydrogen-bond acceptors (Lipinski definition) is 3. The maximum absolute atomic E-state index is 13.4. The summed E-state index contributed by atoms with van der Waals surface area (Å²) >= 11 is 0. The van der Waals surface area contributed by atoms with Gasteiger partial charge < -0.3 is 4.74 Å². The van der Waals surface area contributed by atoms with Gasteiger partial charge in [-0.2, -0.15) is 0 Å². The molecule has 1 aromatic heterocycles. The van der Waals surface area contributed by atoms with Crippen LogP contribution in [0.2, 0.25) is 0 Å². The smallest absolute Gasteiger partial charge is 0.141 e. The van der Waals surface area contributed by atoms with Gasteiger partial charge in [0.25, 0.3) is 0 Å². The number of pyridine rings is 1. The number of halogens is 2. The average molecular weight is 360 g/mol. The van der Waals surface area contributed by atoms with Gasteiger partial charge in [0.2, 0.25) is 0 Å². The van der Waals surface area contributed by atoms with Crippen molar-refractivity contribution in [3.05, 3.63) is 65.5 Å². The second-order valence-electron chi connectivity index (χ2n) is 7.24. The SMILES string of the molecule is CCOC[C@]1(CCc2ccc(F)cc2)CCN(Cc2cncc(F)c2)C1. The lowest BCUT2D eigenvalue weighted by Gasteiger charge is -2.29. The van der Waals surface area contributed by atoms with E-state index < -0.39 is 0 Å². The van der Waals surface area contributed by atoms with Crippen molar-refractivity contribution in [2.45, 2.75) is 32.7 Å². The second kappa shape index (κ2) is 8.69. The second-order valence-corrected chi connectivity index (χ2v) is 7.24. The highest BCUT2D eigenvalue weighted by atomic mass is 19.1. The largest absolute Gasteiger partial charge is 0.381 e. The quantitative estimate of drug-likeness (QED) is 0.705. The molecule has 3 nitrogen and oxygen atoms in total. The number of likely N-dealkylation sites (tertiary alicyclic amines) is 1. The van der Waals surface area contributed by atoms with Gasteiger partial charge >= 0.3 is 0 Å². The zero-order valence-corrected chi connectivity index (χ0v) is 15.3. The minimum atomic E-state index is -0.293. The van der Waals surface area contributed by atoms with Gasteiger partial charge in [-0.05, 0) is 62.1 Å². The van der Waals surface area contributed by atoms with Crippen molar-refractivity contribution >= 4 is 0 Å². The molecule has 0 spiro atoms. The first-order chi connectivity index (χ1) is 12.6. The van der Waals surface area contributed by atoms with E-state index in [2.05, 4.69) is 9.88 Å². The molecule has 0 saturated carbocycles. The van der Waals surface area contributed by atoms with Gasteiger partial charge in [-0.1, -0.05) is 12.1 Å². The normalized spacial score (nSPS) is 20.6. The number of aryl methyl sites for hydroxylation is 1. The highest BCUT2D eigenvalue weighted by Gasteiger charge is 2.37. The lowest BCUT2D eigenvalue weighted by molar-refractivity contribution is 0.0489. The highest BCUT2D eigenvalue weighted by Crippen LogP contribution is 2.36. The topological polar surface area (TPSA) is 25.4 Å². The van der Waals surface area contributed by atoms with Crippen molar-refractivity contribution in [1.29, 1.82) is 0 Å². The van der Waals surface area contributed by atoms with Crippen molar-refractivity contribution in [3.8, 4) is 0 Å². The lowest BCUT2D eigenvalue weighted by atomic mass is 9.82. The standard InChI is InChI=1S/C21H26F2N2O/c1-2-26-16-21(8-7-17-3-5-19(22)6-4-17)9-10-25(15-21)14-18-11-20(23)13-24-12-18/h3-6,11-13H,2,7-10,14-16H2,1H3/t21-/m1/s1. The minimum Gasteiger partial charge on any atom is -0.381 e. The Morgan fingerprint density at radius 2 is 1.92 bits per heavy atom. The number of ether oxygens (including phenoxy) is 1. The molecule has 2 heterocycles. The number of nitrogens with zero attached hydrogens (tertiary/aromatic N) is 2. The van der Waals surface area contributed by atoms with Gasteiger partial charge in [-0.15, -0.1) is 0 Å². The summed E-state index contributed by atoms with van der Waals surface area (Å²) in [7, 11) is 0.